The second kappa shape index (κ2) is 6.40. The predicted octanol–water partition coefficient (Wildman–Crippen LogP) is 0.690. The van der Waals surface area contributed by atoms with Gasteiger partial charge in [0, 0.05) is 25.7 Å². The number of nitrogens with zero attached hydrogens (tertiary/aromatic N) is 1. The molecule has 1 atom stereocenters. The maximum atomic E-state index is 5.83. The van der Waals surface area contributed by atoms with E-state index in [1.165, 1.54) is 0 Å². The van der Waals surface area contributed by atoms with Crippen molar-refractivity contribution in [3.05, 3.63) is 0 Å². The summed E-state index contributed by atoms with van der Waals surface area (Å²) in [5.41, 5.74) is 5.83. The first kappa shape index (κ1) is 11.9. The van der Waals surface area contributed by atoms with Gasteiger partial charge in [-0.3, -0.25) is 4.90 Å². The van der Waals surface area contributed by atoms with Crippen LogP contribution in [0, 0.1) is 0 Å². The van der Waals surface area contributed by atoms with Gasteiger partial charge in [-0.2, -0.15) is 0 Å². The SMILES string of the molecule is CCN(CC(N)COC)C(C)C. The Bertz CT molecular complexity index is 107. The number of ether oxygens (including phenoxy) is 1. The highest BCUT2D eigenvalue weighted by molar-refractivity contribution is 4.69. The van der Waals surface area contributed by atoms with Crippen LogP contribution in [0.4, 0.5) is 0 Å². The van der Waals surface area contributed by atoms with Crippen LogP contribution in [0.3, 0.4) is 0 Å². The Balaban J connectivity index is 3.69. The van der Waals surface area contributed by atoms with E-state index in [2.05, 4.69) is 25.7 Å². The van der Waals surface area contributed by atoms with Gasteiger partial charge in [-0.05, 0) is 20.4 Å². The van der Waals surface area contributed by atoms with Crippen LogP contribution in [-0.2, 0) is 4.74 Å². The molecule has 0 aromatic carbocycles. The van der Waals surface area contributed by atoms with Crippen LogP contribution in [0.5, 0.6) is 0 Å². The Kier molecular flexibility index (Phi) is 6.34. The van der Waals surface area contributed by atoms with Crippen LogP contribution in [0.15, 0.2) is 0 Å². The highest BCUT2D eigenvalue weighted by Crippen LogP contribution is 1.98. The number of likely N-dealkylation sites (N-methyl/N-ethyl adjacent to an activating group) is 1. The highest BCUT2D eigenvalue weighted by Gasteiger charge is 2.11. The Hall–Kier alpha value is -0.120. The van der Waals surface area contributed by atoms with Crippen molar-refractivity contribution >= 4 is 0 Å². The number of hydrogen-bond acceptors (Lipinski definition) is 3. The summed E-state index contributed by atoms with van der Waals surface area (Å²) < 4.78 is 4.98. The Morgan fingerprint density at radius 2 is 2.00 bits per heavy atom. The number of rotatable bonds is 6. The van der Waals surface area contributed by atoms with E-state index in [4.69, 9.17) is 10.5 Å². The zero-order chi connectivity index (χ0) is 9.56. The van der Waals surface area contributed by atoms with E-state index in [9.17, 15) is 0 Å². The van der Waals surface area contributed by atoms with Crippen LogP contribution in [0.1, 0.15) is 20.8 Å². The Morgan fingerprint density at radius 1 is 1.42 bits per heavy atom. The molecule has 0 heterocycles. The first-order chi connectivity index (χ1) is 5.61. The molecule has 0 radical (unpaired) electrons. The molecule has 3 nitrogen and oxygen atoms in total. The minimum atomic E-state index is 0.136. The first-order valence-electron chi connectivity index (χ1n) is 4.60. The average molecular weight is 174 g/mol. The topological polar surface area (TPSA) is 38.5 Å². The molecule has 12 heavy (non-hydrogen) atoms. The van der Waals surface area contributed by atoms with Gasteiger partial charge in [0.25, 0.3) is 0 Å². The summed E-state index contributed by atoms with van der Waals surface area (Å²) in [4.78, 5) is 2.34. The van der Waals surface area contributed by atoms with E-state index in [0.29, 0.717) is 12.6 Å². The van der Waals surface area contributed by atoms with Crippen molar-refractivity contribution < 1.29 is 4.74 Å². The monoisotopic (exact) mass is 174 g/mol. The fraction of sp³-hybridized carbons (Fsp3) is 1.00. The number of nitrogens with two attached hydrogens (primary N) is 1. The number of hydrogen-bond donors (Lipinski definition) is 1. The third-order valence-electron chi connectivity index (χ3n) is 1.99. The van der Waals surface area contributed by atoms with E-state index >= 15 is 0 Å². The lowest BCUT2D eigenvalue weighted by atomic mass is 10.2. The number of methoxy groups -OCH3 is 1. The molecule has 0 bridgehead atoms. The summed E-state index contributed by atoms with van der Waals surface area (Å²) >= 11 is 0. The van der Waals surface area contributed by atoms with Crippen LogP contribution < -0.4 is 5.73 Å². The van der Waals surface area contributed by atoms with Gasteiger partial charge in [0.2, 0.25) is 0 Å². The summed E-state index contributed by atoms with van der Waals surface area (Å²) in [6.07, 6.45) is 0. The molecule has 3 heteroatoms. The molecular weight excluding hydrogens is 152 g/mol. The lowest BCUT2D eigenvalue weighted by Crippen LogP contribution is -2.43. The fourth-order valence-electron chi connectivity index (χ4n) is 1.27. The smallest absolute Gasteiger partial charge is 0.0626 e. The lowest BCUT2D eigenvalue weighted by Gasteiger charge is -2.27. The maximum Gasteiger partial charge on any atom is 0.0626 e. The van der Waals surface area contributed by atoms with Crippen LogP contribution in [0.25, 0.3) is 0 Å². The van der Waals surface area contributed by atoms with Crippen LogP contribution in [0.2, 0.25) is 0 Å². The van der Waals surface area contributed by atoms with Crippen molar-refractivity contribution in [3.63, 3.8) is 0 Å². The average Bonchev–Trinajstić information content (AvgIpc) is 2.00. The van der Waals surface area contributed by atoms with Gasteiger partial charge < -0.3 is 10.5 Å². The zero-order valence-corrected chi connectivity index (χ0v) is 8.71. The molecule has 0 aliphatic heterocycles. The molecule has 2 N–H and O–H groups in total. The van der Waals surface area contributed by atoms with Crippen molar-refractivity contribution in [3.8, 4) is 0 Å². The molecule has 1 unspecified atom stereocenters. The van der Waals surface area contributed by atoms with Gasteiger partial charge in [0.15, 0.2) is 0 Å². The van der Waals surface area contributed by atoms with Crippen molar-refractivity contribution in [2.45, 2.75) is 32.9 Å². The van der Waals surface area contributed by atoms with Gasteiger partial charge in [0.1, 0.15) is 0 Å². The zero-order valence-electron chi connectivity index (χ0n) is 8.71. The molecule has 0 spiro atoms. The Labute approximate surface area is 75.9 Å². The molecule has 0 amide bonds. The predicted molar refractivity (Wildman–Crippen MR) is 52.2 cm³/mol. The maximum absolute atomic E-state index is 5.83. The van der Waals surface area contributed by atoms with Crippen molar-refractivity contribution in [1.29, 1.82) is 0 Å². The van der Waals surface area contributed by atoms with Crippen molar-refractivity contribution in [2.24, 2.45) is 5.73 Å². The van der Waals surface area contributed by atoms with Gasteiger partial charge in [0.05, 0.1) is 6.61 Å². The van der Waals surface area contributed by atoms with Crippen molar-refractivity contribution in [2.75, 3.05) is 26.8 Å². The van der Waals surface area contributed by atoms with E-state index in [1.807, 2.05) is 0 Å². The standard InChI is InChI=1S/C9H22N2O/c1-5-11(8(2)3)6-9(10)7-12-4/h8-9H,5-7,10H2,1-4H3. The third kappa shape index (κ3) is 4.70. The van der Waals surface area contributed by atoms with Gasteiger partial charge in [-0.25, -0.2) is 0 Å². The Morgan fingerprint density at radius 3 is 2.33 bits per heavy atom. The van der Waals surface area contributed by atoms with Gasteiger partial charge >= 0.3 is 0 Å². The summed E-state index contributed by atoms with van der Waals surface area (Å²) in [7, 11) is 1.69. The van der Waals surface area contributed by atoms with E-state index in [0.717, 1.165) is 13.1 Å². The quantitative estimate of drug-likeness (QED) is 0.644. The van der Waals surface area contributed by atoms with Crippen LogP contribution >= 0.6 is 0 Å². The molecule has 0 aliphatic rings. The molecule has 0 aromatic rings. The molecule has 0 aliphatic carbocycles. The molecule has 0 rings (SSSR count). The summed E-state index contributed by atoms with van der Waals surface area (Å²) in [6, 6.07) is 0.704. The molecule has 0 saturated heterocycles. The van der Waals surface area contributed by atoms with E-state index in [1.54, 1.807) is 7.11 Å². The van der Waals surface area contributed by atoms with E-state index in [-0.39, 0.29) is 6.04 Å². The van der Waals surface area contributed by atoms with Crippen LogP contribution in [-0.4, -0.2) is 43.8 Å². The molecule has 0 saturated carbocycles. The molecule has 0 fully saturated rings. The lowest BCUT2D eigenvalue weighted by molar-refractivity contribution is 0.143. The molecule has 74 valence electrons. The van der Waals surface area contributed by atoms with Gasteiger partial charge in [-0.1, -0.05) is 6.92 Å². The van der Waals surface area contributed by atoms with Crippen molar-refractivity contribution in [1.82, 2.24) is 4.90 Å². The highest BCUT2D eigenvalue weighted by atomic mass is 16.5. The second-order valence-corrected chi connectivity index (χ2v) is 3.40. The van der Waals surface area contributed by atoms with Gasteiger partial charge in [-0.15, -0.1) is 0 Å². The molecular formula is C9H22N2O. The first-order valence-corrected chi connectivity index (χ1v) is 4.60. The fourth-order valence-corrected chi connectivity index (χ4v) is 1.27. The molecule has 0 aromatic heterocycles. The third-order valence-corrected chi connectivity index (χ3v) is 1.99. The summed E-state index contributed by atoms with van der Waals surface area (Å²) in [5.74, 6) is 0. The second-order valence-electron chi connectivity index (χ2n) is 3.40. The summed E-state index contributed by atoms with van der Waals surface area (Å²) in [6.45, 7) is 9.13. The minimum Gasteiger partial charge on any atom is -0.383 e. The summed E-state index contributed by atoms with van der Waals surface area (Å²) in [5, 5.41) is 0. The largest absolute Gasteiger partial charge is 0.383 e. The van der Waals surface area contributed by atoms with E-state index < -0.39 is 0 Å². The minimum absolute atomic E-state index is 0.136. The normalized spacial score (nSPS) is 14.2.